The van der Waals surface area contributed by atoms with E-state index in [0.29, 0.717) is 13.2 Å². The van der Waals surface area contributed by atoms with Crippen LogP contribution in [-0.2, 0) is 0 Å². The number of hydrogen-bond donors (Lipinski definition) is 0. The van der Waals surface area contributed by atoms with E-state index in [1.165, 1.54) is 0 Å². The van der Waals surface area contributed by atoms with Crippen LogP contribution in [-0.4, -0.2) is 19.4 Å². The fourth-order valence-corrected chi connectivity index (χ4v) is 1.53. The Labute approximate surface area is 76.0 Å². The molecule has 0 saturated carbocycles. The molecule has 1 unspecified atom stereocenters. The van der Waals surface area contributed by atoms with Crippen molar-refractivity contribution in [1.29, 1.82) is 0 Å². The van der Waals surface area contributed by atoms with Gasteiger partial charge in [-0.2, -0.15) is 0 Å². The summed E-state index contributed by atoms with van der Waals surface area (Å²) in [7, 11) is 0. The summed E-state index contributed by atoms with van der Waals surface area (Å²) >= 11 is 0. The highest BCUT2D eigenvalue weighted by Crippen LogP contribution is 2.40. The Hall–Kier alpha value is -1.51. The molecule has 0 aliphatic carbocycles. The Morgan fingerprint density at radius 1 is 1.23 bits per heavy atom. The lowest BCUT2D eigenvalue weighted by Gasteiger charge is -2.20. The maximum absolute atomic E-state index is 5.55. The van der Waals surface area contributed by atoms with Crippen molar-refractivity contribution in [3.8, 4) is 11.5 Å². The molecule has 3 nitrogen and oxygen atoms in total. The maximum atomic E-state index is 5.55. The van der Waals surface area contributed by atoms with Gasteiger partial charge in [0.2, 0.25) is 0 Å². The van der Waals surface area contributed by atoms with Gasteiger partial charge in [0.1, 0.15) is 19.3 Å². The van der Waals surface area contributed by atoms with Crippen LogP contribution in [0.4, 0.5) is 0 Å². The molecule has 0 fully saturated rings. The summed E-state index contributed by atoms with van der Waals surface area (Å²) in [5.41, 5.74) is 1.12. The van der Waals surface area contributed by atoms with Crippen molar-refractivity contribution in [1.82, 2.24) is 0 Å². The van der Waals surface area contributed by atoms with Gasteiger partial charge in [-0.05, 0) is 6.07 Å². The second-order valence-corrected chi connectivity index (χ2v) is 3.11. The molecule has 3 heteroatoms. The summed E-state index contributed by atoms with van der Waals surface area (Å²) in [5.74, 6) is 1.72. The van der Waals surface area contributed by atoms with Gasteiger partial charge >= 0.3 is 0 Å². The molecule has 0 aromatic heterocycles. The normalized spacial score (nSPS) is 22.9. The van der Waals surface area contributed by atoms with E-state index >= 15 is 0 Å². The van der Waals surface area contributed by atoms with E-state index in [0.717, 1.165) is 17.1 Å². The molecule has 3 rings (SSSR count). The number of aliphatic imine (C=N–C) groups is 1. The van der Waals surface area contributed by atoms with Crippen molar-refractivity contribution in [3.63, 3.8) is 0 Å². The van der Waals surface area contributed by atoms with Crippen LogP contribution in [0.25, 0.3) is 0 Å². The van der Waals surface area contributed by atoms with Gasteiger partial charge in [-0.1, -0.05) is 12.1 Å². The molecule has 1 aromatic rings. The Kier molecular flexibility index (Phi) is 1.33. The van der Waals surface area contributed by atoms with Crippen LogP contribution in [0, 0.1) is 0 Å². The summed E-state index contributed by atoms with van der Waals surface area (Å²) in [5, 5.41) is 0. The van der Waals surface area contributed by atoms with Crippen molar-refractivity contribution in [3.05, 3.63) is 23.8 Å². The average molecular weight is 175 g/mol. The zero-order chi connectivity index (χ0) is 8.67. The highest BCUT2D eigenvalue weighted by atomic mass is 16.6. The minimum atomic E-state index is 0.233. The monoisotopic (exact) mass is 175 g/mol. The van der Waals surface area contributed by atoms with Crippen LogP contribution >= 0.6 is 0 Å². The molecule has 2 aliphatic rings. The van der Waals surface area contributed by atoms with E-state index in [1.54, 1.807) is 0 Å². The molecule has 0 bridgehead atoms. The number of hydrogen-bond acceptors (Lipinski definition) is 3. The van der Waals surface area contributed by atoms with Gasteiger partial charge in [0.15, 0.2) is 11.5 Å². The first-order valence-electron chi connectivity index (χ1n) is 4.37. The molecule has 13 heavy (non-hydrogen) atoms. The highest BCUT2D eigenvalue weighted by molar-refractivity contribution is 5.81. The molecule has 66 valence electrons. The molecule has 2 aliphatic heterocycles. The minimum Gasteiger partial charge on any atom is -0.486 e. The Morgan fingerprint density at radius 2 is 2.08 bits per heavy atom. The van der Waals surface area contributed by atoms with Gasteiger partial charge < -0.3 is 9.47 Å². The first kappa shape index (κ1) is 6.95. The standard InChI is InChI=1S/C10H9NO2/c1-2-7(8-6-11-8)10-9(3-1)12-4-5-13-10/h1-3,6,8H,4-5H2. The van der Waals surface area contributed by atoms with E-state index in [9.17, 15) is 0 Å². The molecule has 0 radical (unpaired) electrons. The third-order valence-corrected chi connectivity index (χ3v) is 2.21. The lowest BCUT2D eigenvalue weighted by Crippen LogP contribution is -2.16. The number of ether oxygens (including phenoxy) is 2. The Bertz CT molecular complexity index is 367. The Balaban J connectivity index is 2.08. The van der Waals surface area contributed by atoms with Crippen molar-refractivity contribution >= 4 is 6.21 Å². The number of nitrogens with zero attached hydrogens (tertiary/aromatic N) is 1. The zero-order valence-corrected chi connectivity index (χ0v) is 7.06. The predicted molar refractivity (Wildman–Crippen MR) is 48.7 cm³/mol. The maximum Gasteiger partial charge on any atom is 0.167 e. The molecule has 0 amide bonds. The van der Waals surface area contributed by atoms with Gasteiger partial charge in [-0.3, -0.25) is 4.99 Å². The molecule has 0 saturated heterocycles. The van der Waals surface area contributed by atoms with Gasteiger partial charge in [0, 0.05) is 11.8 Å². The van der Waals surface area contributed by atoms with Gasteiger partial charge in [0.05, 0.1) is 0 Å². The topological polar surface area (TPSA) is 30.8 Å². The molecule has 0 N–H and O–H groups in total. The Morgan fingerprint density at radius 3 is 2.92 bits per heavy atom. The van der Waals surface area contributed by atoms with Crippen LogP contribution in [0.3, 0.4) is 0 Å². The summed E-state index contributed by atoms with van der Waals surface area (Å²) in [6.45, 7) is 1.28. The zero-order valence-electron chi connectivity index (χ0n) is 7.06. The molecule has 1 aromatic carbocycles. The third kappa shape index (κ3) is 1.08. The molecule has 1 atom stereocenters. The smallest absolute Gasteiger partial charge is 0.167 e. The van der Waals surface area contributed by atoms with E-state index in [2.05, 4.69) is 4.99 Å². The summed E-state index contributed by atoms with van der Waals surface area (Å²) < 4.78 is 11.0. The number of fused-ring (bicyclic) bond motifs is 1. The number of para-hydroxylation sites is 1. The highest BCUT2D eigenvalue weighted by Gasteiger charge is 2.24. The van der Waals surface area contributed by atoms with Crippen molar-refractivity contribution in [2.75, 3.05) is 13.2 Å². The summed E-state index contributed by atoms with van der Waals surface area (Å²) in [4.78, 5) is 4.12. The lowest BCUT2D eigenvalue weighted by molar-refractivity contribution is 0.170. The minimum absolute atomic E-state index is 0.233. The predicted octanol–water partition coefficient (Wildman–Crippen LogP) is 1.58. The van der Waals surface area contributed by atoms with E-state index in [-0.39, 0.29) is 6.04 Å². The van der Waals surface area contributed by atoms with E-state index in [1.807, 2.05) is 24.4 Å². The first-order chi connectivity index (χ1) is 6.45. The third-order valence-electron chi connectivity index (χ3n) is 2.21. The van der Waals surface area contributed by atoms with Crippen LogP contribution < -0.4 is 9.47 Å². The van der Waals surface area contributed by atoms with Gasteiger partial charge in [-0.15, -0.1) is 0 Å². The fourth-order valence-electron chi connectivity index (χ4n) is 1.53. The van der Waals surface area contributed by atoms with E-state index < -0.39 is 0 Å². The fraction of sp³-hybridized carbons (Fsp3) is 0.300. The van der Waals surface area contributed by atoms with Crippen molar-refractivity contribution in [2.45, 2.75) is 6.04 Å². The van der Waals surface area contributed by atoms with Crippen LogP contribution in [0.2, 0.25) is 0 Å². The molecule has 0 spiro atoms. The lowest BCUT2D eigenvalue weighted by atomic mass is 10.1. The average Bonchev–Trinajstić information content (AvgIpc) is 3.00. The SMILES string of the molecule is C1=NC1c1cccc2c1OCCO2. The van der Waals surface area contributed by atoms with E-state index in [4.69, 9.17) is 9.47 Å². The van der Waals surface area contributed by atoms with Crippen LogP contribution in [0.1, 0.15) is 11.6 Å². The second kappa shape index (κ2) is 2.49. The number of benzene rings is 1. The van der Waals surface area contributed by atoms with Crippen LogP contribution in [0.5, 0.6) is 11.5 Å². The van der Waals surface area contributed by atoms with Crippen LogP contribution in [0.15, 0.2) is 23.2 Å². The molecular weight excluding hydrogens is 166 g/mol. The molecule has 2 heterocycles. The van der Waals surface area contributed by atoms with Crippen molar-refractivity contribution in [2.24, 2.45) is 4.99 Å². The second-order valence-electron chi connectivity index (χ2n) is 3.11. The number of rotatable bonds is 1. The molecular formula is C10H9NO2. The van der Waals surface area contributed by atoms with Crippen molar-refractivity contribution < 1.29 is 9.47 Å². The summed E-state index contributed by atoms with van der Waals surface area (Å²) in [6.07, 6.45) is 1.91. The van der Waals surface area contributed by atoms with Gasteiger partial charge in [0.25, 0.3) is 0 Å². The largest absolute Gasteiger partial charge is 0.486 e. The quantitative estimate of drug-likeness (QED) is 0.648. The first-order valence-corrected chi connectivity index (χ1v) is 4.37. The summed E-state index contributed by atoms with van der Waals surface area (Å²) in [6, 6.07) is 6.17. The van der Waals surface area contributed by atoms with Gasteiger partial charge in [-0.25, -0.2) is 0 Å².